The van der Waals surface area contributed by atoms with E-state index in [0.717, 1.165) is 49.7 Å². The first-order chi connectivity index (χ1) is 11.6. The van der Waals surface area contributed by atoms with Gasteiger partial charge in [0.25, 0.3) is 5.91 Å². The van der Waals surface area contributed by atoms with Crippen LogP contribution in [0.15, 0.2) is 24.7 Å². The van der Waals surface area contributed by atoms with Gasteiger partial charge in [-0.2, -0.15) is 0 Å². The first kappa shape index (κ1) is 15.4. The van der Waals surface area contributed by atoms with Crippen molar-refractivity contribution in [3.63, 3.8) is 0 Å². The Kier molecular flexibility index (Phi) is 3.92. The number of carbonyl (C=O) groups is 1. The third-order valence-corrected chi connectivity index (χ3v) is 5.52. The van der Waals surface area contributed by atoms with Gasteiger partial charge in [0.05, 0.1) is 12.0 Å². The van der Waals surface area contributed by atoms with Crippen LogP contribution in [0.5, 0.6) is 0 Å². The second-order valence-electron chi connectivity index (χ2n) is 7.23. The fourth-order valence-electron chi connectivity index (χ4n) is 4.15. The predicted octanol–water partition coefficient (Wildman–Crippen LogP) is 1.79. The molecule has 2 atom stereocenters. The summed E-state index contributed by atoms with van der Waals surface area (Å²) in [7, 11) is 1.94. The molecule has 2 aromatic heterocycles. The lowest BCUT2D eigenvalue weighted by Crippen LogP contribution is -2.47. The zero-order valence-electron chi connectivity index (χ0n) is 14.4. The molecule has 6 nitrogen and oxygen atoms in total. The maximum Gasteiger partial charge on any atom is 0.270 e. The second kappa shape index (κ2) is 6.09. The summed E-state index contributed by atoms with van der Waals surface area (Å²) in [6, 6.07) is 4.17. The van der Waals surface area contributed by atoms with Crippen LogP contribution in [0.2, 0.25) is 0 Å². The molecule has 2 aromatic rings. The topological polar surface area (TPSA) is 57.2 Å². The number of hydrogen-bond donors (Lipinski definition) is 1. The molecule has 6 heteroatoms. The van der Waals surface area contributed by atoms with Crippen molar-refractivity contribution in [3.05, 3.63) is 41.7 Å². The highest BCUT2D eigenvalue weighted by Gasteiger charge is 2.38. The Bertz CT molecular complexity index is 733. The number of H-pyrrole nitrogens is 1. The number of nitrogens with one attached hydrogen (secondary N) is 1. The van der Waals surface area contributed by atoms with E-state index in [2.05, 4.69) is 26.7 Å². The van der Waals surface area contributed by atoms with Crippen LogP contribution in [0.25, 0.3) is 0 Å². The van der Waals surface area contributed by atoms with Crippen LogP contribution in [0.3, 0.4) is 0 Å². The number of piperidine rings is 1. The van der Waals surface area contributed by atoms with E-state index in [-0.39, 0.29) is 5.91 Å². The molecule has 3 aliphatic rings. The van der Waals surface area contributed by atoms with Gasteiger partial charge in [-0.15, -0.1) is 0 Å². The van der Waals surface area contributed by atoms with Crippen LogP contribution in [0.1, 0.15) is 34.7 Å². The van der Waals surface area contributed by atoms with Gasteiger partial charge >= 0.3 is 0 Å². The molecule has 128 valence electrons. The Labute approximate surface area is 142 Å². The molecule has 5 heterocycles. The molecule has 3 fully saturated rings. The molecule has 2 bridgehead atoms. The fourth-order valence-corrected chi connectivity index (χ4v) is 4.15. The van der Waals surface area contributed by atoms with E-state index in [1.807, 2.05) is 29.9 Å². The molecule has 0 saturated carbocycles. The van der Waals surface area contributed by atoms with Crippen molar-refractivity contribution in [2.75, 3.05) is 19.6 Å². The second-order valence-corrected chi connectivity index (χ2v) is 7.23. The van der Waals surface area contributed by atoms with Gasteiger partial charge in [0.2, 0.25) is 0 Å². The molecular formula is C18H25N5O. The molecule has 0 aromatic carbocycles. The summed E-state index contributed by atoms with van der Waals surface area (Å²) in [6.45, 7) is 5.82. The molecule has 0 aliphatic carbocycles. The largest absolute Gasteiger partial charge is 0.348 e. The van der Waals surface area contributed by atoms with Crippen LogP contribution in [-0.2, 0) is 13.6 Å². The molecule has 0 radical (unpaired) electrons. The zero-order chi connectivity index (χ0) is 16.7. The van der Waals surface area contributed by atoms with Gasteiger partial charge < -0.3 is 14.5 Å². The number of fused-ring (bicyclic) bond motifs is 4. The number of nitrogens with zero attached hydrogens (tertiary/aromatic N) is 4. The van der Waals surface area contributed by atoms with Gasteiger partial charge in [0.1, 0.15) is 5.69 Å². The summed E-state index contributed by atoms with van der Waals surface area (Å²) in [5, 5.41) is 0. The van der Waals surface area contributed by atoms with E-state index in [9.17, 15) is 4.79 Å². The lowest BCUT2D eigenvalue weighted by Gasteiger charge is -2.36. The first-order valence-corrected chi connectivity index (χ1v) is 8.75. The van der Waals surface area contributed by atoms with E-state index in [4.69, 9.17) is 0 Å². The molecular weight excluding hydrogens is 302 g/mol. The maximum absolute atomic E-state index is 13.0. The number of carbonyl (C=O) groups excluding carboxylic acids is 1. The van der Waals surface area contributed by atoms with Gasteiger partial charge in [-0.3, -0.25) is 9.69 Å². The Hall–Kier alpha value is -2.08. The van der Waals surface area contributed by atoms with Crippen LogP contribution in [0, 0.1) is 12.8 Å². The van der Waals surface area contributed by atoms with E-state index in [0.29, 0.717) is 12.0 Å². The number of aromatic amines is 1. The monoisotopic (exact) mass is 327 g/mol. The summed E-state index contributed by atoms with van der Waals surface area (Å²) in [4.78, 5) is 25.2. The van der Waals surface area contributed by atoms with Gasteiger partial charge in [-0.25, -0.2) is 4.98 Å². The summed E-state index contributed by atoms with van der Waals surface area (Å²) in [5.41, 5.74) is 3.05. The molecule has 0 spiro atoms. The van der Waals surface area contributed by atoms with Crippen molar-refractivity contribution < 1.29 is 4.79 Å². The SMILES string of the molecule is Cc1[nH]cnc1CN1C[C@@H]2CC[C@H](C1)N(C(=O)c1cccn1C)C2. The van der Waals surface area contributed by atoms with Crippen molar-refractivity contribution in [2.24, 2.45) is 13.0 Å². The number of imidazole rings is 1. The molecule has 0 unspecified atom stereocenters. The summed E-state index contributed by atoms with van der Waals surface area (Å²) < 4.78 is 1.92. The quantitative estimate of drug-likeness (QED) is 0.935. The van der Waals surface area contributed by atoms with Gasteiger partial charge in [-0.1, -0.05) is 0 Å². The minimum Gasteiger partial charge on any atom is -0.348 e. The fraction of sp³-hybridized carbons (Fsp3) is 0.556. The predicted molar refractivity (Wildman–Crippen MR) is 91.6 cm³/mol. The number of aryl methyl sites for hydroxylation is 2. The molecule has 5 rings (SSSR count). The summed E-state index contributed by atoms with van der Waals surface area (Å²) >= 11 is 0. The minimum atomic E-state index is 0.176. The van der Waals surface area contributed by atoms with Crippen LogP contribution >= 0.6 is 0 Å². The van der Waals surface area contributed by atoms with Crippen LogP contribution in [-0.4, -0.2) is 55.9 Å². The zero-order valence-corrected chi connectivity index (χ0v) is 14.4. The standard InChI is InChI=1S/C18H25N5O/c1-13-16(20-12-19-13)11-22-8-14-5-6-15(10-22)23(9-14)18(24)17-4-3-7-21(17)2/h3-4,7,12,14-15H,5-6,8-11H2,1-2H3,(H,19,20)/t14-,15+/m0/s1. The molecule has 3 aliphatic heterocycles. The first-order valence-electron chi connectivity index (χ1n) is 8.75. The van der Waals surface area contributed by atoms with Crippen molar-refractivity contribution in [3.8, 4) is 0 Å². The summed E-state index contributed by atoms with van der Waals surface area (Å²) in [5.74, 6) is 0.738. The Balaban J connectivity index is 1.51. The molecule has 1 amide bonds. The highest BCUT2D eigenvalue weighted by Crippen LogP contribution is 2.30. The third kappa shape index (κ3) is 2.75. The van der Waals surface area contributed by atoms with Crippen molar-refractivity contribution in [1.82, 2.24) is 24.3 Å². The van der Waals surface area contributed by atoms with Gasteiger partial charge in [0.15, 0.2) is 0 Å². The Morgan fingerprint density at radius 2 is 2.21 bits per heavy atom. The maximum atomic E-state index is 13.0. The van der Waals surface area contributed by atoms with E-state index in [1.54, 1.807) is 6.33 Å². The van der Waals surface area contributed by atoms with Crippen LogP contribution in [0.4, 0.5) is 0 Å². The lowest BCUT2D eigenvalue weighted by molar-refractivity contribution is 0.0575. The van der Waals surface area contributed by atoms with Crippen molar-refractivity contribution in [1.29, 1.82) is 0 Å². The average Bonchev–Trinajstić information content (AvgIpc) is 3.05. The van der Waals surface area contributed by atoms with E-state index >= 15 is 0 Å². The minimum absolute atomic E-state index is 0.176. The van der Waals surface area contributed by atoms with Crippen molar-refractivity contribution >= 4 is 5.91 Å². The normalized spacial score (nSPS) is 24.3. The average molecular weight is 327 g/mol. The molecule has 1 N–H and O–H groups in total. The van der Waals surface area contributed by atoms with Crippen molar-refractivity contribution in [2.45, 2.75) is 32.4 Å². The number of hydrogen-bond acceptors (Lipinski definition) is 3. The number of aromatic nitrogens is 3. The highest BCUT2D eigenvalue weighted by molar-refractivity contribution is 5.93. The number of amides is 1. The number of rotatable bonds is 3. The van der Waals surface area contributed by atoms with E-state index in [1.165, 1.54) is 6.42 Å². The molecule has 3 saturated heterocycles. The summed E-state index contributed by atoms with van der Waals surface area (Å²) in [6.07, 6.45) is 6.03. The van der Waals surface area contributed by atoms with Gasteiger partial charge in [-0.05, 0) is 37.8 Å². The van der Waals surface area contributed by atoms with E-state index < -0.39 is 0 Å². The lowest BCUT2D eigenvalue weighted by atomic mass is 9.94. The molecule has 24 heavy (non-hydrogen) atoms. The Morgan fingerprint density at radius 1 is 1.33 bits per heavy atom. The third-order valence-electron chi connectivity index (χ3n) is 5.52. The van der Waals surface area contributed by atoms with Crippen LogP contribution < -0.4 is 0 Å². The van der Waals surface area contributed by atoms with Gasteiger partial charge in [0, 0.05) is 51.2 Å². The smallest absolute Gasteiger partial charge is 0.270 e. The Morgan fingerprint density at radius 3 is 2.92 bits per heavy atom. The highest BCUT2D eigenvalue weighted by atomic mass is 16.2.